The van der Waals surface area contributed by atoms with Crippen molar-refractivity contribution in [2.24, 2.45) is 0 Å². The Balaban J connectivity index is 2.07. The molecule has 0 saturated heterocycles. The Kier molecular flexibility index (Phi) is 4.11. The molecule has 1 aromatic carbocycles. The van der Waals surface area contributed by atoms with Gasteiger partial charge in [-0.05, 0) is 25.8 Å². The molecule has 1 amide bonds. The molecule has 1 aromatic rings. The number of rotatable bonds is 5. The molecular formula is C13H18N2O4. The summed E-state index contributed by atoms with van der Waals surface area (Å²) in [5.41, 5.74) is 6.57. The minimum absolute atomic E-state index is 0.0236. The fraction of sp³-hybridized carbons (Fsp3) is 0.462. The van der Waals surface area contributed by atoms with Crippen molar-refractivity contribution in [3.8, 4) is 11.5 Å². The van der Waals surface area contributed by atoms with Crippen LogP contribution >= 0.6 is 0 Å². The number of carbonyl (C=O) groups excluding carboxylic acids is 1. The first-order valence-electron chi connectivity index (χ1n) is 6.22. The number of aliphatic hydroxyl groups is 1. The Labute approximate surface area is 111 Å². The first-order valence-corrected chi connectivity index (χ1v) is 6.22. The Hall–Kier alpha value is -1.95. The zero-order chi connectivity index (χ0) is 13.8. The van der Waals surface area contributed by atoms with Gasteiger partial charge in [0, 0.05) is 24.4 Å². The van der Waals surface area contributed by atoms with Gasteiger partial charge in [-0.25, -0.2) is 0 Å². The predicted octanol–water partition coefficient (Wildman–Crippen LogP) is 0.888. The van der Waals surface area contributed by atoms with Gasteiger partial charge in [0.15, 0.2) is 11.5 Å². The van der Waals surface area contributed by atoms with Gasteiger partial charge >= 0.3 is 0 Å². The van der Waals surface area contributed by atoms with E-state index in [0.29, 0.717) is 35.6 Å². The third kappa shape index (κ3) is 3.08. The van der Waals surface area contributed by atoms with E-state index in [4.69, 9.17) is 20.3 Å². The first-order chi connectivity index (χ1) is 9.11. The van der Waals surface area contributed by atoms with Gasteiger partial charge in [-0.15, -0.1) is 0 Å². The van der Waals surface area contributed by atoms with Crippen molar-refractivity contribution in [3.63, 3.8) is 0 Å². The maximum atomic E-state index is 12.1. The number of hydrogen-bond donors (Lipinski definition) is 3. The second-order valence-electron chi connectivity index (χ2n) is 4.53. The van der Waals surface area contributed by atoms with E-state index < -0.39 is 0 Å². The summed E-state index contributed by atoms with van der Waals surface area (Å²) in [4.78, 5) is 12.1. The van der Waals surface area contributed by atoms with E-state index >= 15 is 0 Å². The van der Waals surface area contributed by atoms with E-state index in [1.807, 2.05) is 6.92 Å². The molecule has 2 rings (SSSR count). The molecule has 4 N–H and O–H groups in total. The topological polar surface area (TPSA) is 93.8 Å². The number of nitrogen functional groups attached to an aromatic ring is 1. The van der Waals surface area contributed by atoms with Gasteiger partial charge in [0.05, 0.1) is 5.56 Å². The van der Waals surface area contributed by atoms with Gasteiger partial charge in [-0.1, -0.05) is 0 Å². The van der Waals surface area contributed by atoms with Gasteiger partial charge in [0.2, 0.25) is 6.79 Å². The standard InChI is InChI=1S/C13H18N2O4/c1-8(3-2-4-16)15-13(17)9-5-11-12(6-10(9)14)19-7-18-11/h5-6,8,16H,2-4,7,14H2,1H3,(H,15,17). The molecule has 6 nitrogen and oxygen atoms in total. The zero-order valence-electron chi connectivity index (χ0n) is 10.8. The molecule has 0 spiro atoms. The average Bonchev–Trinajstić information content (AvgIpc) is 2.82. The number of hydrogen-bond acceptors (Lipinski definition) is 5. The summed E-state index contributed by atoms with van der Waals surface area (Å²) in [5, 5.41) is 11.6. The molecule has 0 bridgehead atoms. The second-order valence-corrected chi connectivity index (χ2v) is 4.53. The van der Waals surface area contributed by atoms with E-state index in [-0.39, 0.29) is 25.3 Å². The lowest BCUT2D eigenvalue weighted by Gasteiger charge is -2.14. The van der Waals surface area contributed by atoms with E-state index in [0.717, 1.165) is 0 Å². The summed E-state index contributed by atoms with van der Waals surface area (Å²) in [6, 6.07) is 3.16. The monoisotopic (exact) mass is 266 g/mol. The summed E-state index contributed by atoms with van der Waals surface area (Å²) >= 11 is 0. The molecule has 0 aromatic heterocycles. The van der Waals surface area contributed by atoms with Crippen molar-refractivity contribution in [1.82, 2.24) is 5.32 Å². The average molecular weight is 266 g/mol. The molecule has 0 saturated carbocycles. The van der Waals surface area contributed by atoms with Crippen LogP contribution < -0.4 is 20.5 Å². The number of aliphatic hydroxyl groups excluding tert-OH is 1. The number of nitrogens with two attached hydrogens (primary N) is 1. The summed E-state index contributed by atoms with van der Waals surface area (Å²) in [6.45, 7) is 2.15. The van der Waals surface area contributed by atoms with Crippen LogP contribution in [0.25, 0.3) is 0 Å². The van der Waals surface area contributed by atoms with Crippen molar-refractivity contribution in [2.75, 3.05) is 19.1 Å². The minimum atomic E-state index is -0.249. The fourth-order valence-corrected chi connectivity index (χ4v) is 1.93. The summed E-state index contributed by atoms with van der Waals surface area (Å²) < 4.78 is 10.4. The molecule has 1 aliphatic heterocycles. The normalized spacial score (nSPS) is 14.2. The third-order valence-corrected chi connectivity index (χ3v) is 2.96. The van der Waals surface area contributed by atoms with Crippen LogP contribution in [0.3, 0.4) is 0 Å². The Bertz CT molecular complexity index is 476. The molecule has 1 atom stereocenters. The van der Waals surface area contributed by atoms with Crippen LogP contribution in [0.2, 0.25) is 0 Å². The van der Waals surface area contributed by atoms with Crippen LogP contribution in [0.15, 0.2) is 12.1 Å². The number of benzene rings is 1. The first kappa shape index (κ1) is 13.5. The molecule has 1 heterocycles. The van der Waals surface area contributed by atoms with E-state index in [2.05, 4.69) is 5.32 Å². The quantitative estimate of drug-likeness (QED) is 0.688. The molecule has 19 heavy (non-hydrogen) atoms. The van der Waals surface area contributed by atoms with E-state index in [9.17, 15) is 4.79 Å². The van der Waals surface area contributed by atoms with Crippen LogP contribution in [-0.2, 0) is 0 Å². The minimum Gasteiger partial charge on any atom is -0.454 e. The molecule has 0 aliphatic carbocycles. The predicted molar refractivity (Wildman–Crippen MR) is 70.2 cm³/mol. The number of nitrogens with one attached hydrogen (secondary N) is 1. The fourth-order valence-electron chi connectivity index (χ4n) is 1.93. The molecule has 6 heteroatoms. The van der Waals surface area contributed by atoms with Gasteiger partial charge in [0.1, 0.15) is 0 Å². The van der Waals surface area contributed by atoms with E-state index in [1.165, 1.54) is 0 Å². The van der Waals surface area contributed by atoms with Gasteiger partial charge in [-0.3, -0.25) is 4.79 Å². The summed E-state index contributed by atoms with van der Waals surface area (Å²) in [6.07, 6.45) is 1.37. The second kappa shape index (κ2) is 5.79. The van der Waals surface area contributed by atoms with Crippen molar-refractivity contribution in [1.29, 1.82) is 0 Å². The highest BCUT2D eigenvalue weighted by atomic mass is 16.7. The lowest BCUT2D eigenvalue weighted by molar-refractivity contribution is 0.0937. The lowest BCUT2D eigenvalue weighted by Crippen LogP contribution is -2.33. The summed E-state index contributed by atoms with van der Waals surface area (Å²) in [7, 11) is 0. The van der Waals surface area contributed by atoms with Crippen molar-refractivity contribution in [2.45, 2.75) is 25.8 Å². The lowest BCUT2D eigenvalue weighted by atomic mass is 10.1. The van der Waals surface area contributed by atoms with Gasteiger partial charge < -0.3 is 25.6 Å². The highest BCUT2D eigenvalue weighted by molar-refractivity contribution is 6.00. The number of fused-ring (bicyclic) bond motifs is 1. The van der Waals surface area contributed by atoms with Crippen molar-refractivity contribution in [3.05, 3.63) is 17.7 Å². The highest BCUT2D eigenvalue weighted by Gasteiger charge is 2.20. The van der Waals surface area contributed by atoms with Crippen LogP contribution in [0.4, 0.5) is 5.69 Å². The molecule has 0 fully saturated rings. The largest absolute Gasteiger partial charge is 0.454 e. The maximum Gasteiger partial charge on any atom is 0.253 e. The highest BCUT2D eigenvalue weighted by Crippen LogP contribution is 2.35. The third-order valence-electron chi connectivity index (χ3n) is 2.96. The number of amides is 1. The Morgan fingerprint density at radius 1 is 1.47 bits per heavy atom. The molecule has 0 radical (unpaired) electrons. The Morgan fingerprint density at radius 2 is 2.16 bits per heavy atom. The number of carbonyl (C=O) groups is 1. The smallest absolute Gasteiger partial charge is 0.253 e. The molecular weight excluding hydrogens is 248 g/mol. The molecule has 1 aliphatic rings. The molecule has 104 valence electrons. The zero-order valence-corrected chi connectivity index (χ0v) is 10.8. The van der Waals surface area contributed by atoms with Gasteiger partial charge in [-0.2, -0.15) is 0 Å². The van der Waals surface area contributed by atoms with Crippen LogP contribution in [0, 0.1) is 0 Å². The molecule has 1 unspecified atom stereocenters. The van der Waals surface area contributed by atoms with Gasteiger partial charge in [0.25, 0.3) is 5.91 Å². The van der Waals surface area contributed by atoms with E-state index in [1.54, 1.807) is 12.1 Å². The number of anilines is 1. The van der Waals surface area contributed by atoms with Crippen LogP contribution in [-0.4, -0.2) is 30.5 Å². The van der Waals surface area contributed by atoms with Crippen molar-refractivity contribution < 1.29 is 19.4 Å². The Morgan fingerprint density at radius 3 is 2.84 bits per heavy atom. The summed E-state index contributed by atoms with van der Waals surface area (Å²) in [5.74, 6) is 0.839. The van der Waals surface area contributed by atoms with Crippen LogP contribution in [0.5, 0.6) is 11.5 Å². The van der Waals surface area contributed by atoms with Crippen LogP contribution in [0.1, 0.15) is 30.1 Å². The maximum absolute atomic E-state index is 12.1. The number of ether oxygens (including phenoxy) is 2. The SMILES string of the molecule is CC(CCCO)NC(=O)c1cc2c(cc1N)OCO2. The van der Waals surface area contributed by atoms with Crippen molar-refractivity contribution >= 4 is 11.6 Å².